The van der Waals surface area contributed by atoms with E-state index >= 15 is 0 Å². The molecule has 20 heavy (non-hydrogen) atoms. The molecule has 1 atom stereocenters. The normalized spacial score (nSPS) is 21.4. The van der Waals surface area contributed by atoms with Gasteiger partial charge in [0.25, 0.3) is 10.2 Å². The standard InChI is InChI=1S/C12H19ClN4O2S/c1-9-14-11(7-12(13)15-9)10-5-4-6-17(8-10)20(18,19)16(2)3/h7,10H,4-6,8H2,1-3H3/t10-/m0/s1. The van der Waals surface area contributed by atoms with E-state index in [2.05, 4.69) is 9.97 Å². The van der Waals surface area contributed by atoms with Crippen LogP contribution in [-0.2, 0) is 10.2 Å². The monoisotopic (exact) mass is 318 g/mol. The molecule has 0 amide bonds. The summed E-state index contributed by atoms with van der Waals surface area (Å²) >= 11 is 5.95. The van der Waals surface area contributed by atoms with Crippen molar-refractivity contribution < 1.29 is 8.42 Å². The molecule has 0 saturated carbocycles. The number of aryl methyl sites for hydroxylation is 1. The van der Waals surface area contributed by atoms with Crippen LogP contribution in [0.4, 0.5) is 0 Å². The molecule has 2 heterocycles. The van der Waals surface area contributed by atoms with E-state index in [0.717, 1.165) is 18.5 Å². The molecule has 0 unspecified atom stereocenters. The largest absolute Gasteiger partial charge is 0.281 e. The summed E-state index contributed by atoms with van der Waals surface area (Å²) in [6.07, 6.45) is 1.73. The number of hydrogen-bond donors (Lipinski definition) is 0. The van der Waals surface area contributed by atoms with Gasteiger partial charge in [-0.1, -0.05) is 11.6 Å². The summed E-state index contributed by atoms with van der Waals surface area (Å²) in [5, 5.41) is 0.403. The average Bonchev–Trinajstić information content (AvgIpc) is 2.37. The first-order valence-electron chi connectivity index (χ1n) is 6.49. The van der Waals surface area contributed by atoms with E-state index in [-0.39, 0.29) is 5.92 Å². The summed E-state index contributed by atoms with van der Waals surface area (Å²) in [6.45, 7) is 2.77. The summed E-state index contributed by atoms with van der Waals surface area (Å²) in [7, 11) is -0.278. The van der Waals surface area contributed by atoms with Gasteiger partial charge in [0.1, 0.15) is 11.0 Å². The fraction of sp³-hybridized carbons (Fsp3) is 0.667. The Bertz CT molecular complexity index is 571. The zero-order chi connectivity index (χ0) is 14.9. The van der Waals surface area contributed by atoms with E-state index in [1.165, 1.54) is 8.61 Å². The molecule has 1 saturated heterocycles. The van der Waals surface area contributed by atoms with Crippen molar-refractivity contribution in [3.63, 3.8) is 0 Å². The highest BCUT2D eigenvalue weighted by atomic mass is 35.5. The van der Waals surface area contributed by atoms with Crippen molar-refractivity contribution in [3.05, 3.63) is 22.7 Å². The van der Waals surface area contributed by atoms with Gasteiger partial charge in [-0.15, -0.1) is 0 Å². The van der Waals surface area contributed by atoms with Gasteiger partial charge in [0.05, 0.1) is 0 Å². The van der Waals surface area contributed by atoms with Crippen LogP contribution in [-0.4, -0.2) is 54.2 Å². The second kappa shape index (κ2) is 5.93. The molecule has 0 spiro atoms. The quantitative estimate of drug-likeness (QED) is 0.791. The van der Waals surface area contributed by atoms with Crippen molar-refractivity contribution in [2.24, 2.45) is 0 Å². The first-order valence-corrected chi connectivity index (χ1v) is 8.27. The summed E-state index contributed by atoms with van der Waals surface area (Å²) in [6, 6.07) is 1.73. The van der Waals surface area contributed by atoms with Gasteiger partial charge in [0.2, 0.25) is 0 Å². The fourth-order valence-electron chi connectivity index (χ4n) is 2.39. The first-order chi connectivity index (χ1) is 9.30. The average molecular weight is 319 g/mol. The van der Waals surface area contributed by atoms with E-state index in [0.29, 0.717) is 24.1 Å². The lowest BCUT2D eigenvalue weighted by Crippen LogP contribution is -2.45. The molecular formula is C12H19ClN4O2S. The molecule has 6 nitrogen and oxygen atoms in total. The highest BCUT2D eigenvalue weighted by molar-refractivity contribution is 7.86. The van der Waals surface area contributed by atoms with Gasteiger partial charge in [-0.2, -0.15) is 17.0 Å². The highest BCUT2D eigenvalue weighted by Gasteiger charge is 2.31. The Labute approximate surface area is 125 Å². The van der Waals surface area contributed by atoms with Crippen molar-refractivity contribution in [2.75, 3.05) is 27.2 Å². The van der Waals surface area contributed by atoms with Crippen LogP contribution in [0.2, 0.25) is 5.15 Å². The van der Waals surface area contributed by atoms with Crippen LogP contribution >= 0.6 is 11.6 Å². The smallest absolute Gasteiger partial charge is 0.238 e. The zero-order valence-electron chi connectivity index (χ0n) is 11.9. The van der Waals surface area contributed by atoms with E-state index in [9.17, 15) is 8.42 Å². The highest BCUT2D eigenvalue weighted by Crippen LogP contribution is 2.28. The third-order valence-electron chi connectivity index (χ3n) is 3.42. The molecular weight excluding hydrogens is 300 g/mol. The second-order valence-electron chi connectivity index (χ2n) is 5.15. The van der Waals surface area contributed by atoms with Crippen molar-refractivity contribution in [3.8, 4) is 0 Å². The minimum atomic E-state index is -3.37. The Morgan fingerprint density at radius 2 is 2.10 bits per heavy atom. The summed E-state index contributed by atoms with van der Waals surface area (Å²) in [5.41, 5.74) is 0.821. The number of nitrogens with zero attached hydrogens (tertiary/aromatic N) is 4. The molecule has 1 fully saturated rings. The molecule has 1 aromatic rings. The molecule has 8 heteroatoms. The topological polar surface area (TPSA) is 66.4 Å². The van der Waals surface area contributed by atoms with Crippen molar-refractivity contribution in [2.45, 2.75) is 25.7 Å². The van der Waals surface area contributed by atoms with Gasteiger partial charge >= 0.3 is 0 Å². The van der Waals surface area contributed by atoms with E-state index in [1.54, 1.807) is 27.1 Å². The molecule has 0 aliphatic carbocycles. The van der Waals surface area contributed by atoms with Crippen LogP contribution in [0.1, 0.15) is 30.3 Å². The van der Waals surface area contributed by atoms with Gasteiger partial charge in [0.15, 0.2) is 0 Å². The van der Waals surface area contributed by atoms with E-state index in [4.69, 9.17) is 11.6 Å². The third kappa shape index (κ3) is 3.28. The minimum Gasteiger partial charge on any atom is -0.238 e. The molecule has 0 N–H and O–H groups in total. The predicted molar refractivity (Wildman–Crippen MR) is 77.9 cm³/mol. The molecule has 0 radical (unpaired) electrons. The van der Waals surface area contributed by atoms with Crippen LogP contribution < -0.4 is 0 Å². The number of halogens is 1. The molecule has 2 rings (SSSR count). The number of piperidine rings is 1. The first kappa shape index (κ1) is 15.6. The van der Waals surface area contributed by atoms with Gasteiger partial charge < -0.3 is 0 Å². The Hall–Kier alpha value is -0.760. The van der Waals surface area contributed by atoms with Crippen LogP contribution in [0.25, 0.3) is 0 Å². The van der Waals surface area contributed by atoms with Gasteiger partial charge in [-0.25, -0.2) is 9.97 Å². The Kier molecular flexibility index (Phi) is 4.63. The number of aromatic nitrogens is 2. The Balaban J connectivity index is 2.23. The van der Waals surface area contributed by atoms with Crippen LogP contribution in [0.5, 0.6) is 0 Å². The molecule has 1 aromatic heterocycles. The lowest BCUT2D eigenvalue weighted by Gasteiger charge is -2.33. The lowest BCUT2D eigenvalue weighted by atomic mass is 9.96. The summed E-state index contributed by atoms with van der Waals surface area (Å²) in [5.74, 6) is 0.678. The van der Waals surface area contributed by atoms with Gasteiger partial charge in [-0.05, 0) is 25.8 Å². The predicted octanol–water partition coefficient (Wildman–Crippen LogP) is 1.42. The Morgan fingerprint density at radius 1 is 1.40 bits per heavy atom. The van der Waals surface area contributed by atoms with E-state index < -0.39 is 10.2 Å². The van der Waals surface area contributed by atoms with Crippen LogP contribution in [0.15, 0.2) is 6.07 Å². The van der Waals surface area contributed by atoms with Crippen molar-refractivity contribution >= 4 is 21.8 Å². The molecule has 1 aliphatic rings. The third-order valence-corrected chi connectivity index (χ3v) is 5.52. The Morgan fingerprint density at radius 3 is 2.70 bits per heavy atom. The SMILES string of the molecule is Cc1nc(Cl)cc([C@H]2CCCN(S(=O)(=O)N(C)C)C2)n1. The van der Waals surface area contributed by atoms with Crippen molar-refractivity contribution in [1.29, 1.82) is 0 Å². The maximum Gasteiger partial charge on any atom is 0.281 e. The second-order valence-corrected chi connectivity index (χ2v) is 7.68. The van der Waals surface area contributed by atoms with Gasteiger partial charge in [0, 0.05) is 38.8 Å². The minimum absolute atomic E-state index is 0.0673. The molecule has 0 aromatic carbocycles. The zero-order valence-corrected chi connectivity index (χ0v) is 13.4. The summed E-state index contributed by atoms with van der Waals surface area (Å²) < 4.78 is 27.1. The molecule has 1 aliphatic heterocycles. The number of rotatable bonds is 3. The van der Waals surface area contributed by atoms with E-state index in [1.807, 2.05) is 0 Å². The van der Waals surface area contributed by atoms with Crippen LogP contribution in [0, 0.1) is 6.92 Å². The van der Waals surface area contributed by atoms with Crippen molar-refractivity contribution in [1.82, 2.24) is 18.6 Å². The molecule has 112 valence electrons. The van der Waals surface area contributed by atoms with Gasteiger partial charge in [-0.3, -0.25) is 0 Å². The summed E-state index contributed by atoms with van der Waals surface area (Å²) in [4.78, 5) is 8.43. The lowest BCUT2D eigenvalue weighted by molar-refractivity contribution is 0.296. The molecule has 0 bridgehead atoms. The number of hydrogen-bond acceptors (Lipinski definition) is 4. The van der Waals surface area contributed by atoms with Crippen LogP contribution in [0.3, 0.4) is 0 Å². The maximum atomic E-state index is 12.2. The maximum absolute atomic E-state index is 12.2. The fourth-order valence-corrected chi connectivity index (χ4v) is 3.81.